The Hall–Kier alpha value is -1.07. The molecule has 1 amide bonds. The Labute approximate surface area is 104 Å². The molecule has 2 rings (SSSR count). The maximum Gasteiger partial charge on any atom is 0.221 e. The average molecular weight is 255 g/mol. The van der Waals surface area contributed by atoms with E-state index in [1.165, 1.54) is 12.1 Å². The summed E-state index contributed by atoms with van der Waals surface area (Å²) >= 11 is 1.55. The monoisotopic (exact) mass is 255 g/mol. The molecule has 1 heterocycles. The molecule has 1 N–H and O–H groups in total. The van der Waals surface area contributed by atoms with Crippen LogP contribution < -0.4 is 5.32 Å². The van der Waals surface area contributed by atoms with E-state index in [1.54, 1.807) is 23.9 Å². The van der Waals surface area contributed by atoms with Crippen LogP contribution in [0.2, 0.25) is 0 Å². The van der Waals surface area contributed by atoms with Gasteiger partial charge in [-0.05, 0) is 24.3 Å². The van der Waals surface area contributed by atoms with Gasteiger partial charge in [0.25, 0.3) is 0 Å². The fraction of sp³-hybridized carbons (Fsp3) is 0.417. The standard InChI is InChI=1S/C12H14FNO2S/c13-9-1-3-11(4-2-9)17-6-5-12(15)14-10-7-16-8-10/h1-4,10H,5-8H2,(H,14,15). The predicted molar refractivity (Wildman–Crippen MR) is 64.5 cm³/mol. The molecule has 0 aromatic heterocycles. The van der Waals surface area contributed by atoms with Gasteiger partial charge in [0.15, 0.2) is 0 Å². The summed E-state index contributed by atoms with van der Waals surface area (Å²) in [4.78, 5) is 12.4. The maximum atomic E-state index is 12.6. The zero-order valence-electron chi connectivity index (χ0n) is 9.32. The van der Waals surface area contributed by atoms with Crippen molar-refractivity contribution in [1.29, 1.82) is 0 Å². The van der Waals surface area contributed by atoms with E-state index in [4.69, 9.17) is 4.74 Å². The summed E-state index contributed by atoms with van der Waals surface area (Å²) in [6, 6.07) is 6.48. The molecule has 0 unspecified atom stereocenters. The molecule has 17 heavy (non-hydrogen) atoms. The van der Waals surface area contributed by atoms with E-state index in [0.29, 0.717) is 25.4 Å². The Morgan fingerprint density at radius 3 is 2.71 bits per heavy atom. The summed E-state index contributed by atoms with van der Waals surface area (Å²) in [6.45, 7) is 1.24. The fourth-order valence-electron chi connectivity index (χ4n) is 1.41. The van der Waals surface area contributed by atoms with Crippen molar-refractivity contribution in [2.24, 2.45) is 0 Å². The number of halogens is 1. The zero-order chi connectivity index (χ0) is 12.1. The van der Waals surface area contributed by atoms with E-state index in [1.807, 2.05) is 0 Å². The average Bonchev–Trinajstić information content (AvgIpc) is 2.26. The number of carbonyl (C=O) groups excluding carboxylic acids is 1. The molecule has 0 atom stereocenters. The number of amides is 1. The van der Waals surface area contributed by atoms with Crippen molar-refractivity contribution in [3.63, 3.8) is 0 Å². The van der Waals surface area contributed by atoms with Crippen LogP contribution >= 0.6 is 11.8 Å². The summed E-state index contributed by atoms with van der Waals surface area (Å²) in [6.07, 6.45) is 0.471. The van der Waals surface area contributed by atoms with Crippen LogP contribution in [0.25, 0.3) is 0 Å². The van der Waals surface area contributed by atoms with Gasteiger partial charge in [-0.3, -0.25) is 4.79 Å². The molecule has 1 aliphatic rings. The molecule has 1 aliphatic heterocycles. The highest BCUT2D eigenvalue weighted by Gasteiger charge is 2.19. The highest BCUT2D eigenvalue weighted by molar-refractivity contribution is 7.99. The van der Waals surface area contributed by atoms with E-state index >= 15 is 0 Å². The van der Waals surface area contributed by atoms with Crippen LogP contribution in [-0.2, 0) is 9.53 Å². The number of benzene rings is 1. The van der Waals surface area contributed by atoms with E-state index in [0.717, 1.165) is 4.90 Å². The smallest absolute Gasteiger partial charge is 0.221 e. The third-order valence-corrected chi connectivity index (χ3v) is 3.43. The third-order valence-electron chi connectivity index (χ3n) is 2.41. The number of thioether (sulfide) groups is 1. The van der Waals surface area contributed by atoms with Gasteiger partial charge in [-0.25, -0.2) is 4.39 Å². The molecule has 1 saturated heterocycles. The van der Waals surface area contributed by atoms with Crippen LogP contribution in [0.5, 0.6) is 0 Å². The van der Waals surface area contributed by atoms with Crippen molar-refractivity contribution in [3.05, 3.63) is 30.1 Å². The Morgan fingerprint density at radius 1 is 1.41 bits per heavy atom. The molecule has 1 fully saturated rings. The molecule has 5 heteroatoms. The molecule has 0 radical (unpaired) electrons. The molecular formula is C12H14FNO2S. The van der Waals surface area contributed by atoms with E-state index < -0.39 is 0 Å². The van der Waals surface area contributed by atoms with Crippen LogP contribution in [0.15, 0.2) is 29.2 Å². The lowest BCUT2D eigenvalue weighted by Crippen LogP contribution is -2.48. The number of ether oxygens (including phenoxy) is 1. The number of hydrogen-bond acceptors (Lipinski definition) is 3. The van der Waals surface area contributed by atoms with Crippen molar-refractivity contribution in [2.45, 2.75) is 17.4 Å². The lowest BCUT2D eigenvalue weighted by molar-refractivity contribution is -0.124. The van der Waals surface area contributed by atoms with Gasteiger partial charge in [0.1, 0.15) is 5.82 Å². The van der Waals surface area contributed by atoms with Crippen LogP contribution in [-0.4, -0.2) is 30.9 Å². The highest BCUT2D eigenvalue weighted by atomic mass is 32.2. The normalized spacial score (nSPS) is 15.4. The number of hydrogen-bond donors (Lipinski definition) is 1. The molecule has 0 spiro atoms. The van der Waals surface area contributed by atoms with Crippen molar-refractivity contribution in [3.8, 4) is 0 Å². The highest BCUT2D eigenvalue weighted by Crippen LogP contribution is 2.18. The molecule has 92 valence electrons. The van der Waals surface area contributed by atoms with Gasteiger partial charge in [-0.2, -0.15) is 0 Å². The van der Waals surface area contributed by atoms with Gasteiger partial charge in [-0.15, -0.1) is 11.8 Å². The van der Waals surface area contributed by atoms with Gasteiger partial charge >= 0.3 is 0 Å². The second kappa shape index (κ2) is 6.02. The molecule has 3 nitrogen and oxygen atoms in total. The minimum atomic E-state index is -0.239. The molecule has 0 bridgehead atoms. The first kappa shape index (κ1) is 12.4. The third kappa shape index (κ3) is 4.02. The summed E-state index contributed by atoms with van der Waals surface area (Å²) < 4.78 is 17.6. The van der Waals surface area contributed by atoms with Crippen molar-refractivity contribution in [1.82, 2.24) is 5.32 Å². The number of nitrogens with one attached hydrogen (secondary N) is 1. The Morgan fingerprint density at radius 2 is 2.12 bits per heavy atom. The van der Waals surface area contributed by atoms with E-state index in [9.17, 15) is 9.18 Å². The number of carbonyl (C=O) groups is 1. The quantitative estimate of drug-likeness (QED) is 0.816. The zero-order valence-corrected chi connectivity index (χ0v) is 10.1. The Balaban J connectivity index is 1.64. The Bertz CT molecular complexity index is 379. The first-order chi connectivity index (χ1) is 8.24. The van der Waals surface area contributed by atoms with Gasteiger partial charge in [0.2, 0.25) is 5.91 Å². The van der Waals surface area contributed by atoms with Crippen molar-refractivity contribution in [2.75, 3.05) is 19.0 Å². The molecule has 1 aromatic rings. The van der Waals surface area contributed by atoms with Crippen LogP contribution in [0.1, 0.15) is 6.42 Å². The van der Waals surface area contributed by atoms with Crippen molar-refractivity contribution >= 4 is 17.7 Å². The lowest BCUT2D eigenvalue weighted by atomic mass is 10.2. The second-order valence-electron chi connectivity index (χ2n) is 3.85. The topological polar surface area (TPSA) is 38.3 Å². The van der Waals surface area contributed by atoms with Crippen molar-refractivity contribution < 1.29 is 13.9 Å². The summed E-state index contributed by atoms with van der Waals surface area (Å²) in [5.74, 6) is 0.510. The first-order valence-electron chi connectivity index (χ1n) is 5.49. The predicted octanol–water partition coefficient (Wildman–Crippen LogP) is 1.82. The van der Waals surface area contributed by atoms with Gasteiger partial charge in [-0.1, -0.05) is 0 Å². The first-order valence-corrected chi connectivity index (χ1v) is 6.48. The van der Waals surface area contributed by atoms with Gasteiger partial charge in [0, 0.05) is 17.1 Å². The molecule has 1 aromatic carbocycles. The maximum absolute atomic E-state index is 12.6. The lowest BCUT2D eigenvalue weighted by Gasteiger charge is -2.26. The van der Waals surface area contributed by atoms with Crippen LogP contribution in [0.3, 0.4) is 0 Å². The SMILES string of the molecule is O=C(CCSc1ccc(F)cc1)NC1COC1. The van der Waals surface area contributed by atoms with Crippen LogP contribution in [0.4, 0.5) is 4.39 Å². The molecular weight excluding hydrogens is 241 g/mol. The minimum Gasteiger partial charge on any atom is -0.377 e. The Kier molecular flexibility index (Phi) is 4.39. The summed E-state index contributed by atoms with van der Waals surface area (Å²) in [5.41, 5.74) is 0. The van der Waals surface area contributed by atoms with Gasteiger partial charge < -0.3 is 10.1 Å². The fourth-order valence-corrected chi connectivity index (χ4v) is 2.26. The molecule has 0 saturated carbocycles. The largest absolute Gasteiger partial charge is 0.377 e. The molecule has 0 aliphatic carbocycles. The van der Waals surface area contributed by atoms with Crippen LogP contribution in [0, 0.1) is 5.82 Å². The van der Waals surface area contributed by atoms with E-state index in [2.05, 4.69) is 5.32 Å². The van der Waals surface area contributed by atoms with Gasteiger partial charge in [0.05, 0.1) is 19.3 Å². The second-order valence-corrected chi connectivity index (χ2v) is 5.02. The number of rotatable bonds is 5. The van der Waals surface area contributed by atoms with E-state index in [-0.39, 0.29) is 17.8 Å². The summed E-state index contributed by atoms with van der Waals surface area (Å²) in [5, 5.41) is 2.87. The minimum absolute atomic E-state index is 0.0490. The summed E-state index contributed by atoms with van der Waals surface area (Å²) in [7, 11) is 0.